The van der Waals surface area contributed by atoms with E-state index in [1.165, 1.54) is 0 Å². The topological polar surface area (TPSA) is 64.9 Å². The van der Waals surface area contributed by atoms with Crippen LogP contribution in [0.1, 0.15) is 12.6 Å². The molecule has 72 valence electrons. The highest BCUT2D eigenvalue weighted by atomic mass is 16.5. The van der Waals surface area contributed by atoms with E-state index in [0.29, 0.717) is 5.88 Å². The number of anilines is 1. The van der Waals surface area contributed by atoms with Crippen LogP contribution in [0.5, 0.6) is 0 Å². The van der Waals surface area contributed by atoms with Gasteiger partial charge >= 0.3 is 0 Å². The SMILES string of the molecule is CCc1noc(N)c1-c1ccccn1. The number of aromatic nitrogens is 2. The maximum Gasteiger partial charge on any atom is 0.231 e. The molecule has 2 aromatic heterocycles. The molecule has 0 bridgehead atoms. The van der Waals surface area contributed by atoms with Crippen molar-refractivity contribution in [1.82, 2.24) is 10.1 Å². The standard InChI is InChI=1S/C10H11N3O/c1-2-7-9(10(11)14-13-7)8-5-3-4-6-12-8/h3-6H,2,11H2,1H3. The maximum absolute atomic E-state index is 5.68. The van der Waals surface area contributed by atoms with Crippen molar-refractivity contribution >= 4 is 5.88 Å². The number of hydrogen-bond donors (Lipinski definition) is 1. The Bertz CT molecular complexity index is 422. The van der Waals surface area contributed by atoms with Crippen LogP contribution in [0.25, 0.3) is 11.3 Å². The zero-order valence-electron chi connectivity index (χ0n) is 7.90. The molecule has 2 aromatic rings. The Balaban J connectivity index is 2.55. The minimum Gasteiger partial charge on any atom is -0.367 e. The van der Waals surface area contributed by atoms with Gasteiger partial charge in [-0.3, -0.25) is 4.98 Å². The fourth-order valence-electron chi connectivity index (χ4n) is 1.36. The first-order valence-corrected chi connectivity index (χ1v) is 4.48. The number of nitrogens with zero attached hydrogens (tertiary/aromatic N) is 2. The summed E-state index contributed by atoms with van der Waals surface area (Å²) in [6.45, 7) is 2.00. The lowest BCUT2D eigenvalue weighted by molar-refractivity contribution is 0.428. The zero-order chi connectivity index (χ0) is 9.97. The number of nitrogens with two attached hydrogens (primary N) is 1. The smallest absolute Gasteiger partial charge is 0.231 e. The van der Waals surface area contributed by atoms with E-state index in [2.05, 4.69) is 10.1 Å². The predicted molar refractivity (Wildman–Crippen MR) is 53.5 cm³/mol. The molecular weight excluding hydrogens is 178 g/mol. The first-order chi connectivity index (χ1) is 6.83. The summed E-state index contributed by atoms with van der Waals surface area (Å²) in [4.78, 5) is 4.21. The molecule has 0 atom stereocenters. The van der Waals surface area contributed by atoms with Gasteiger partial charge in [0.1, 0.15) is 0 Å². The minimum atomic E-state index is 0.334. The Morgan fingerprint density at radius 1 is 1.43 bits per heavy atom. The molecule has 2 rings (SSSR count). The highest BCUT2D eigenvalue weighted by molar-refractivity contribution is 5.71. The molecule has 14 heavy (non-hydrogen) atoms. The molecule has 0 radical (unpaired) electrons. The quantitative estimate of drug-likeness (QED) is 0.783. The summed E-state index contributed by atoms with van der Waals surface area (Å²) in [5.41, 5.74) is 8.15. The van der Waals surface area contributed by atoms with Gasteiger partial charge in [-0.1, -0.05) is 18.1 Å². The van der Waals surface area contributed by atoms with Crippen LogP contribution < -0.4 is 5.73 Å². The third-order valence-electron chi connectivity index (χ3n) is 2.05. The first kappa shape index (κ1) is 8.74. The summed E-state index contributed by atoms with van der Waals surface area (Å²) < 4.78 is 4.93. The van der Waals surface area contributed by atoms with Gasteiger partial charge in [0.05, 0.1) is 17.0 Å². The van der Waals surface area contributed by atoms with E-state index >= 15 is 0 Å². The van der Waals surface area contributed by atoms with Crippen molar-refractivity contribution in [3.8, 4) is 11.3 Å². The largest absolute Gasteiger partial charge is 0.367 e. The molecule has 0 saturated carbocycles. The van der Waals surface area contributed by atoms with Crippen LogP contribution in [0.3, 0.4) is 0 Å². The summed E-state index contributed by atoms with van der Waals surface area (Å²) in [6, 6.07) is 5.66. The van der Waals surface area contributed by atoms with Gasteiger partial charge in [-0.2, -0.15) is 0 Å². The van der Waals surface area contributed by atoms with E-state index < -0.39 is 0 Å². The van der Waals surface area contributed by atoms with E-state index in [4.69, 9.17) is 10.3 Å². The Labute approximate surface area is 81.7 Å². The van der Waals surface area contributed by atoms with Gasteiger partial charge in [0, 0.05) is 6.20 Å². The third-order valence-corrected chi connectivity index (χ3v) is 2.05. The monoisotopic (exact) mass is 189 g/mol. The third kappa shape index (κ3) is 1.35. The fraction of sp³-hybridized carbons (Fsp3) is 0.200. The molecule has 2 N–H and O–H groups in total. The number of rotatable bonds is 2. The second-order valence-electron chi connectivity index (χ2n) is 2.94. The number of hydrogen-bond acceptors (Lipinski definition) is 4. The molecule has 0 aliphatic rings. The van der Waals surface area contributed by atoms with E-state index in [1.54, 1.807) is 6.20 Å². The van der Waals surface area contributed by atoms with Crippen LogP contribution in [0.4, 0.5) is 5.88 Å². The summed E-state index contributed by atoms with van der Waals surface area (Å²) in [5, 5.41) is 3.87. The van der Waals surface area contributed by atoms with Crippen LogP contribution in [0.15, 0.2) is 28.9 Å². The number of aryl methyl sites for hydroxylation is 1. The van der Waals surface area contributed by atoms with E-state index in [-0.39, 0.29) is 0 Å². The maximum atomic E-state index is 5.68. The van der Waals surface area contributed by atoms with Crippen LogP contribution in [-0.2, 0) is 6.42 Å². The molecule has 4 nitrogen and oxygen atoms in total. The molecule has 0 fully saturated rings. The van der Waals surface area contributed by atoms with Crippen LogP contribution in [0, 0.1) is 0 Å². The summed E-state index contributed by atoms with van der Waals surface area (Å²) in [5.74, 6) is 0.334. The van der Waals surface area contributed by atoms with Gasteiger partial charge in [-0.05, 0) is 18.6 Å². The molecule has 0 amide bonds. The lowest BCUT2D eigenvalue weighted by Gasteiger charge is -1.98. The van der Waals surface area contributed by atoms with Gasteiger partial charge in [0.25, 0.3) is 0 Å². The molecule has 0 aliphatic heterocycles. The lowest BCUT2D eigenvalue weighted by Crippen LogP contribution is -1.90. The molecule has 0 unspecified atom stereocenters. The van der Waals surface area contributed by atoms with Gasteiger partial charge in [-0.25, -0.2) is 0 Å². The van der Waals surface area contributed by atoms with Crippen molar-refractivity contribution < 1.29 is 4.52 Å². The molecule has 0 saturated heterocycles. The van der Waals surface area contributed by atoms with Crippen molar-refractivity contribution in [1.29, 1.82) is 0 Å². The van der Waals surface area contributed by atoms with E-state index in [9.17, 15) is 0 Å². The van der Waals surface area contributed by atoms with Crippen molar-refractivity contribution in [2.24, 2.45) is 0 Å². The van der Waals surface area contributed by atoms with Gasteiger partial charge in [-0.15, -0.1) is 0 Å². The Hall–Kier alpha value is -1.84. The molecule has 4 heteroatoms. The van der Waals surface area contributed by atoms with Crippen LogP contribution in [-0.4, -0.2) is 10.1 Å². The van der Waals surface area contributed by atoms with E-state index in [1.807, 2.05) is 25.1 Å². The Kier molecular flexibility index (Phi) is 2.18. The zero-order valence-corrected chi connectivity index (χ0v) is 7.90. The van der Waals surface area contributed by atoms with Gasteiger partial charge < -0.3 is 10.3 Å². The Morgan fingerprint density at radius 3 is 2.93 bits per heavy atom. The van der Waals surface area contributed by atoms with Crippen LogP contribution >= 0.6 is 0 Å². The number of nitrogen functional groups attached to an aromatic ring is 1. The van der Waals surface area contributed by atoms with Gasteiger partial charge in [0.2, 0.25) is 5.88 Å². The summed E-state index contributed by atoms with van der Waals surface area (Å²) in [7, 11) is 0. The molecule has 0 aliphatic carbocycles. The van der Waals surface area contributed by atoms with Crippen molar-refractivity contribution in [3.63, 3.8) is 0 Å². The first-order valence-electron chi connectivity index (χ1n) is 4.48. The fourth-order valence-corrected chi connectivity index (χ4v) is 1.36. The predicted octanol–water partition coefficient (Wildman–Crippen LogP) is 1.88. The van der Waals surface area contributed by atoms with Crippen molar-refractivity contribution in [2.75, 3.05) is 5.73 Å². The molecule has 0 spiro atoms. The summed E-state index contributed by atoms with van der Waals surface area (Å²) >= 11 is 0. The molecule has 0 aromatic carbocycles. The van der Waals surface area contributed by atoms with E-state index in [0.717, 1.165) is 23.4 Å². The Morgan fingerprint density at radius 2 is 2.29 bits per heavy atom. The van der Waals surface area contributed by atoms with Crippen molar-refractivity contribution in [2.45, 2.75) is 13.3 Å². The average molecular weight is 189 g/mol. The van der Waals surface area contributed by atoms with Crippen LogP contribution in [0.2, 0.25) is 0 Å². The lowest BCUT2D eigenvalue weighted by atomic mass is 10.1. The molecule has 2 heterocycles. The normalized spacial score (nSPS) is 10.4. The highest BCUT2D eigenvalue weighted by Gasteiger charge is 2.14. The highest BCUT2D eigenvalue weighted by Crippen LogP contribution is 2.27. The molecular formula is C10H11N3O. The average Bonchev–Trinajstić information content (AvgIpc) is 2.61. The number of pyridine rings is 1. The second kappa shape index (κ2) is 3.49. The second-order valence-corrected chi connectivity index (χ2v) is 2.94. The summed E-state index contributed by atoms with van der Waals surface area (Å²) in [6.07, 6.45) is 2.51. The minimum absolute atomic E-state index is 0.334. The van der Waals surface area contributed by atoms with Crippen molar-refractivity contribution in [3.05, 3.63) is 30.1 Å². The van der Waals surface area contributed by atoms with Gasteiger partial charge in [0.15, 0.2) is 0 Å².